The standard InChI is InChI=1S/C27H16F4N4OS/c1-37-23-8-3-2-5-17(23)18-6-4-7-21-25(18)19(14-33-21)26(36)22-12-24(27(29,30)31)34-35(22)16-9-10-20(28)15(11-16)13-32/h2-12,14,33H,1H3. The minimum atomic E-state index is -4.83. The molecule has 2 aromatic heterocycles. The summed E-state index contributed by atoms with van der Waals surface area (Å²) in [4.78, 5) is 17.8. The molecule has 5 rings (SSSR count). The van der Waals surface area contributed by atoms with Crippen LogP contribution in [0.1, 0.15) is 27.3 Å². The Kier molecular flexibility index (Phi) is 6.09. The molecule has 0 amide bonds. The molecule has 0 atom stereocenters. The molecule has 37 heavy (non-hydrogen) atoms. The van der Waals surface area contributed by atoms with Gasteiger partial charge in [0.15, 0.2) is 5.69 Å². The van der Waals surface area contributed by atoms with Crippen molar-refractivity contribution in [1.29, 1.82) is 5.26 Å². The predicted octanol–water partition coefficient (Wildman–Crippen LogP) is 7.00. The van der Waals surface area contributed by atoms with E-state index in [4.69, 9.17) is 0 Å². The number of rotatable bonds is 5. The van der Waals surface area contributed by atoms with E-state index in [0.717, 1.165) is 38.9 Å². The number of alkyl halides is 3. The summed E-state index contributed by atoms with van der Waals surface area (Å²) < 4.78 is 55.6. The van der Waals surface area contributed by atoms with Gasteiger partial charge < -0.3 is 4.98 Å². The fourth-order valence-electron chi connectivity index (χ4n) is 4.20. The number of halogens is 4. The number of aromatic amines is 1. The smallest absolute Gasteiger partial charge is 0.360 e. The van der Waals surface area contributed by atoms with Crippen molar-refractivity contribution < 1.29 is 22.4 Å². The highest BCUT2D eigenvalue weighted by Crippen LogP contribution is 2.38. The maximum absolute atomic E-state index is 13.9. The van der Waals surface area contributed by atoms with E-state index in [9.17, 15) is 27.6 Å². The number of nitrogens with zero attached hydrogens (tertiary/aromatic N) is 3. The van der Waals surface area contributed by atoms with E-state index in [1.165, 1.54) is 18.0 Å². The summed E-state index contributed by atoms with van der Waals surface area (Å²) in [6.45, 7) is 0. The molecule has 184 valence electrons. The fraction of sp³-hybridized carbons (Fsp3) is 0.0741. The molecule has 1 N–H and O–H groups in total. The van der Waals surface area contributed by atoms with Crippen LogP contribution < -0.4 is 0 Å². The summed E-state index contributed by atoms with van der Waals surface area (Å²) >= 11 is 1.53. The van der Waals surface area contributed by atoms with Crippen LogP contribution in [0.25, 0.3) is 27.7 Å². The second kappa shape index (κ2) is 9.26. The monoisotopic (exact) mass is 520 g/mol. The van der Waals surface area contributed by atoms with E-state index in [-0.39, 0.29) is 22.5 Å². The van der Waals surface area contributed by atoms with Crippen molar-refractivity contribution in [3.63, 3.8) is 0 Å². The van der Waals surface area contributed by atoms with E-state index < -0.39 is 23.5 Å². The molecule has 0 unspecified atom stereocenters. The number of hydrogen-bond donors (Lipinski definition) is 1. The topological polar surface area (TPSA) is 74.5 Å². The normalized spacial score (nSPS) is 11.6. The third-order valence-corrected chi connectivity index (χ3v) is 6.69. The number of hydrogen-bond acceptors (Lipinski definition) is 4. The summed E-state index contributed by atoms with van der Waals surface area (Å²) in [6.07, 6.45) is -1.45. The average Bonchev–Trinajstić information content (AvgIpc) is 3.54. The molecule has 0 spiro atoms. The molecule has 0 fully saturated rings. The van der Waals surface area contributed by atoms with E-state index in [2.05, 4.69) is 10.1 Å². The minimum Gasteiger partial charge on any atom is -0.360 e. The Hall–Kier alpha value is -4.36. The molecule has 0 radical (unpaired) electrons. The van der Waals surface area contributed by atoms with Gasteiger partial charge in [-0.15, -0.1) is 11.8 Å². The van der Waals surface area contributed by atoms with Gasteiger partial charge in [0.2, 0.25) is 5.78 Å². The molecular formula is C27H16F4N4OS. The number of ketones is 1. The number of carbonyl (C=O) groups is 1. The number of nitrogens with one attached hydrogen (secondary N) is 1. The molecule has 0 saturated carbocycles. The molecule has 10 heteroatoms. The van der Waals surface area contributed by atoms with Crippen molar-refractivity contribution in [2.45, 2.75) is 11.1 Å². The minimum absolute atomic E-state index is 0.0513. The van der Waals surface area contributed by atoms with Gasteiger partial charge in [0.1, 0.15) is 17.6 Å². The molecule has 0 bridgehead atoms. The zero-order chi connectivity index (χ0) is 26.3. The molecule has 5 aromatic rings. The number of thioether (sulfide) groups is 1. The third-order valence-electron chi connectivity index (χ3n) is 5.89. The summed E-state index contributed by atoms with van der Waals surface area (Å²) in [7, 11) is 0. The third kappa shape index (κ3) is 4.27. The van der Waals surface area contributed by atoms with Crippen LogP contribution in [0.3, 0.4) is 0 Å². The zero-order valence-corrected chi connectivity index (χ0v) is 19.9. The SMILES string of the molecule is CSc1ccccc1-c1cccc2[nH]cc(C(=O)c3cc(C(F)(F)F)nn3-c3ccc(F)c(C#N)c3)c12. The lowest BCUT2D eigenvalue weighted by molar-refractivity contribution is -0.141. The van der Waals surface area contributed by atoms with Crippen molar-refractivity contribution in [1.82, 2.24) is 14.8 Å². The predicted molar refractivity (Wildman–Crippen MR) is 132 cm³/mol. The number of benzene rings is 3. The lowest BCUT2D eigenvalue weighted by Gasteiger charge is -2.11. The molecule has 0 aliphatic rings. The molecule has 2 heterocycles. The van der Waals surface area contributed by atoms with Gasteiger partial charge >= 0.3 is 6.18 Å². The number of aromatic nitrogens is 3. The first kappa shape index (κ1) is 24.3. The van der Waals surface area contributed by atoms with Crippen LogP contribution in [0.5, 0.6) is 0 Å². The van der Waals surface area contributed by atoms with Gasteiger partial charge in [-0.3, -0.25) is 4.79 Å². The van der Waals surface area contributed by atoms with Crippen LogP contribution in [-0.2, 0) is 6.18 Å². The number of fused-ring (bicyclic) bond motifs is 1. The van der Waals surface area contributed by atoms with Crippen LogP contribution in [0.15, 0.2) is 77.8 Å². The largest absolute Gasteiger partial charge is 0.435 e. The van der Waals surface area contributed by atoms with Gasteiger partial charge in [0.25, 0.3) is 0 Å². The second-order valence-corrected chi connectivity index (χ2v) is 8.91. The summed E-state index contributed by atoms with van der Waals surface area (Å²) in [5.41, 5.74) is 0.292. The Morgan fingerprint density at radius 3 is 2.54 bits per heavy atom. The van der Waals surface area contributed by atoms with Crippen LogP contribution in [0.2, 0.25) is 0 Å². The van der Waals surface area contributed by atoms with Crippen molar-refractivity contribution in [2.75, 3.05) is 6.26 Å². The van der Waals surface area contributed by atoms with Crippen LogP contribution in [0, 0.1) is 17.1 Å². The number of carbonyl (C=O) groups excluding carboxylic acids is 1. The molecule has 0 aliphatic heterocycles. The van der Waals surface area contributed by atoms with Gasteiger partial charge in [-0.25, -0.2) is 9.07 Å². The highest BCUT2D eigenvalue weighted by Gasteiger charge is 2.36. The van der Waals surface area contributed by atoms with E-state index in [1.54, 1.807) is 12.1 Å². The van der Waals surface area contributed by atoms with Crippen molar-refractivity contribution in [2.24, 2.45) is 0 Å². The number of nitriles is 1. The quantitative estimate of drug-likeness (QED) is 0.154. The van der Waals surface area contributed by atoms with Crippen molar-refractivity contribution >= 4 is 28.4 Å². The molecule has 5 nitrogen and oxygen atoms in total. The Morgan fingerprint density at radius 2 is 1.81 bits per heavy atom. The Labute approximate surface area is 212 Å². The maximum atomic E-state index is 13.9. The van der Waals surface area contributed by atoms with Gasteiger partial charge in [-0.05, 0) is 47.7 Å². The van der Waals surface area contributed by atoms with Crippen molar-refractivity contribution in [3.8, 4) is 22.9 Å². The molecular weight excluding hydrogens is 504 g/mol. The van der Waals surface area contributed by atoms with Gasteiger partial charge in [-0.1, -0.05) is 30.3 Å². The molecule has 3 aromatic carbocycles. The summed E-state index contributed by atoms with van der Waals surface area (Å²) in [5, 5.41) is 13.3. The van der Waals surface area contributed by atoms with Gasteiger partial charge in [0.05, 0.1) is 16.8 Å². The Balaban J connectivity index is 1.73. The van der Waals surface area contributed by atoms with Gasteiger partial charge in [0, 0.05) is 28.1 Å². The lowest BCUT2D eigenvalue weighted by atomic mass is 9.97. The first-order chi connectivity index (χ1) is 17.7. The maximum Gasteiger partial charge on any atom is 0.435 e. The molecule has 0 saturated heterocycles. The van der Waals surface area contributed by atoms with E-state index in [1.807, 2.05) is 42.7 Å². The van der Waals surface area contributed by atoms with Gasteiger partial charge in [-0.2, -0.15) is 23.5 Å². The highest BCUT2D eigenvalue weighted by atomic mass is 32.2. The van der Waals surface area contributed by atoms with Crippen LogP contribution in [0.4, 0.5) is 17.6 Å². The number of H-pyrrole nitrogens is 1. The second-order valence-electron chi connectivity index (χ2n) is 8.06. The first-order valence-corrected chi connectivity index (χ1v) is 12.1. The Morgan fingerprint density at radius 1 is 1.05 bits per heavy atom. The lowest BCUT2D eigenvalue weighted by Crippen LogP contribution is -2.11. The van der Waals surface area contributed by atoms with E-state index >= 15 is 0 Å². The molecule has 0 aliphatic carbocycles. The van der Waals surface area contributed by atoms with Crippen LogP contribution in [-0.4, -0.2) is 26.8 Å². The fourth-order valence-corrected chi connectivity index (χ4v) is 4.81. The summed E-state index contributed by atoms with van der Waals surface area (Å²) in [5.74, 6) is -1.55. The summed E-state index contributed by atoms with van der Waals surface area (Å²) in [6, 6.07) is 18.5. The van der Waals surface area contributed by atoms with Crippen LogP contribution >= 0.6 is 11.8 Å². The highest BCUT2D eigenvalue weighted by molar-refractivity contribution is 7.98. The van der Waals surface area contributed by atoms with Crippen molar-refractivity contribution in [3.05, 3.63) is 101 Å². The zero-order valence-electron chi connectivity index (χ0n) is 19.1. The first-order valence-electron chi connectivity index (χ1n) is 10.9. The Bertz CT molecular complexity index is 1710. The van der Waals surface area contributed by atoms with E-state index in [0.29, 0.717) is 17.0 Å². The average molecular weight is 521 g/mol.